The van der Waals surface area contributed by atoms with Gasteiger partial charge in [-0.3, -0.25) is 9.59 Å². The number of hydrogen-bond acceptors (Lipinski definition) is 3. The molecular formula is C21H26N2O2S. The van der Waals surface area contributed by atoms with Crippen LogP contribution in [0.4, 0.5) is 0 Å². The van der Waals surface area contributed by atoms with E-state index in [2.05, 4.69) is 0 Å². The summed E-state index contributed by atoms with van der Waals surface area (Å²) in [6.07, 6.45) is 8.68. The van der Waals surface area contributed by atoms with Crippen molar-refractivity contribution < 1.29 is 9.59 Å². The molecule has 1 aromatic rings. The minimum absolute atomic E-state index is 0.0366. The summed E-state index contributed by atoms with van der Waals surface area (Å²) in [6, 6.07) is 10.2. The summed E-state index contributed by atoms with van der Waals surface area (Å²) in [4.78, 5) is 30.5. The van der Waals surface area contributed by atoms with Crippen LogP contribution in [-0.2, 0) is 9.59 Å². The third-order valence-electron chi connectivity index (χ3n) is 5.68. The number of amides is 2. The summed E-state index contributed by atoms with van der Waals surface area (Å²) < 4.78 is 0. The van der Waals surface area contributed by atoms with E-state index in [0.717, 1.165) is 55.7 Å². The standard InChI is InChI=1S/C21H26N2O2S/c24-20(22-12-6-7-13-22)15-23-17-10-4-5-11-18(17)26-19(21(23)25)14-16-8-2-1-3-9-16/h1-3,8-9,14,17-18H,4-7,10-13,15H2/b19-14-. The predicted molar refractivity (Wildman–Crippen MR) is 106 cm³/mol. The second-order valence-electron chi connectivity index (χ2n) is 7.45. The Kier molecular flexibility index (Phi) is 5.34. The van der Waals surface area contributed by atoms with Crippen LogP contribution in [0.2, 0.25) is 0 Å². The lowest BCUT2D eigenvalue weighted by molar-refractivity contribution is -0.140. The van der Waals surface area contributed by atoms with Gasteiger partial charge in [-0.05, 0) is 37.3 Å². The summed E-state index contributed by atoms with van der Waals surface area (Å²) >= 11 is 1.73. The summed E-state index contributed by atoms with van der Waals surface area (Å²) in [6.45, 7) is 1.93. The largest absolute Gasteiger partial charge is 0.341 e. The van der Waals surface area contributed by atoms with Gasteiger partial charge in [-0.25, -0.2) is 0 Å². The van der Waals surface area contributed by atoms with E-state index in [4.69, 9.17) is 0 Å². The molecule has 3 aliphatic rings. The molecule has 0 aromatic heterocycles. The number of nitrogens with zero attached hydrogens (tertiary/aromatic N) is 2. The average molecular weight is 371 g/mol. The zero-order valence-corrected chi connectivity index (χ0v) is 15.9. The van der Waals surface area contributed by atoms with Crippen LogP contribution in [0.15, 0.2) is 35.2 Å². The lowest BCUT2D eigenvalue weighted by Crippen LogP contribution is -2.54. The highest BCUT2D eigenvalue weighted by Crippen LogP contribution is 2.42. The molecule has 3 fully saturated rings. The summed E-state index contributed by atoms with van der Waals surface area (Å²) in [5.74, 6) is 0.153. The number of fused-ring (bicyclic) bond motifs is 1. The van der Waals surface area contributed by atoms with Crippen LogP contribution in [0.3, 0.4) is 0 Å². The van der Waals surface area contributed by atoms with Gasteiger partial charge in [0.1, 0.15) is 6.54 Å². The molecule has 2 atom stereocenters. The summed E-state index contributed by atoms with van der Waals surface area (Å²) in [5, 5.41) is 0.419. The van der Waals surface area contributed by atoms with Crippen LogP contribution in [0.1, 0.15) is 44.1 Å². The molecule has 138 valence electrons. The molecule has 4 nitrogen and oxygen atoms in total. The molecule has 2 amide bonds. The van der Waals surface area contributed by atoms with Crippen LogP contribution in [-0.4, -0.2) is 52.5 Å². The molecular weight excluding hydrogens is 344 g/mol. The minimum Gasteiger partial charge on any atom is -0.341 e. The molecule has 0 bridgehead atoms. The number of hydrogen-bond donors (Lipinski definition) is 0. The van der Waals surface area contributed by atoms with E-state index < -0.39 is 0 Å². The maximum Gasteiger partial charge on any atom is 0.261 e. The monoisotopic (exact) mass is 370 g/mol. The first-order valence-corrected chi connectivity index (χ1v) is 10.6. The fourth-order valence-electron chi connectivity index (χ4n) is 4.27. The number of carbonyl (C=O) groups excluding carboxylic acids is 2. The Bertz CT molecular complexity index is 697. The highest BCUT2D eigenvalue weighted by Gasteiger charge is 2.41. The first-order chi connectivity index (χ1) is 12.7. The Morgan fingerprint density at radius 1 is 1.08 bits per heavy atom. The molecule has 2 unspecified atom stereocenters. The summed E-state index contributed by atoms with van der Waals surface area (Å²) in [5.41, 5.74) is 1.04. The van der Waals surface area contributed by atoms with Crippen molar-refractivity contribution in [2.75, 3.05) is 19.6 Å². The van der Waals surface area contributed by atoms with Crippen molar-refractivity contribution in [3.05, 3.63) is 40.8 Å². The fraction of sp³-hybridized carbons (Fsp3) is 0.524. The molecule has 0 radical (unpaired) electrons. The van der Waals surface area contributed by atoms with Crippen molar-refractivity contribution >= 4 is 29.7 Å². The van der Waals surface area contributed by atoms with Crippen molar-refractivity contribution in [1.82, 2.24) is 9.80 Å². The smallest absolute Gasteiger partial charge is 0.261 e. The second kappa shape index (κ2) is 7.87. The van der Waals surface area contributed by atoms with E-state index in [1.807, 2.05) is 46.2 Å². The quantitative estimate of drug-likeness (QED) is 0.764. The lowest BCUT2D eigenvalue weighted by Gasteiger charge is -2.44. The van der Waals surface area contributed by atoms with Crippen molar-refractivity contribution in [2.24, 2.45) is 0 Å². The topological polar surface area (TPSA) is 40.6 Å². The van der Waals surface area contributed by atoms with Gasteiger partial charge in [0.25, 0.3) is 5.91 Å². The molecule has 4 rings (SSSR count). The lowest BCUT2D eigenvalue weighted by atomic mass is 9.93. The van der Waals surface area contributed by atoms with E-state index in [-0.39, 0.29) is 24.4 Å². The number of likely N-dealkylation sites (tertiary alicyclic amines) is 1. The minimum atomic E-state index is 0.0366. The van der Waals surface area contributed by atoms with E-state index in [0.29, 0.717) is 5.25 Å². The molecule has 0 spiro atoms. The third-order valence-corrected chi connectivity index (χ3v) is 7.08. The van der Waals surface area contributed by atoms with E-state index in [1.54, 1.807) is 11.8 Å². The fourth-order valence-corrected chi connectivity index (χ4v) is 5.75. The summed E-state index contributed by atoms with van der Waals surface area (Å²) in [7, 11) is 0. The molecule has 2 saturated heterocycles. The van der Waals surface area contributed by atoms with Gasteiger partial charge < -0.3 is 9.80 Å². The number of thioether (sulfide) groups is 1. The molecule has 0 N–H and O–H groups in total. The molecule has 26 heavy (non-hydrogen) atoms. The Morgan fingerprint density at radius 2 is 1.81 bits per heavy atom. The van der Waals surface area contributed by atoms with Crippen LogP contribution in [0.25, 0.3) is 6.08 Å². The van der Waals surface area contributed by atoms with E-state index >= 15 is 0 Å². The van der Waals surface area contributed by atoms with Crippen LogP contribution < -0.4 is 0 Å². The second-order valence-corrected chi connectivity index (χ2v) is 8.73. The maximum absolute atomic E-state index is 13.2. The van der Waals surface area contributed by atoms with Gasteiger partial charge in [-0.15, -0.1) is 11.8 Å². The first kappa shape index (κ1) is 17.7. The third kappa shape index (κ3) is 3.68. The predicted octanol–water partition coefficient (Wildman–Crippen LogP) is 3.54. The number of benzene rings is 1. The molecule has 2 aliphatic heterocycles. The van der Waals surface area contributed by atoms with Crippen molar-refractivity contribution in [3.63, 3.8) is 0 Å². The van der Waals surface area contributed by atoms with Crippen molar-refractivity contribution in [2.45, 2.75) is 49.8 Å². The highest BCUT2D eigenvalue weighted by molar-refractivity contribution is 8.04. The van der Waals surface area contributed by atoms with Crippen LogP contribution in [0, 0.1) is 0 Å². The average Bonchev–Trinajstić information content (AvgIpc) is 3.21. The molecule has 1 saturated carbocycles. The molecule has 5 heteroatoms. The van der Waals surface area contributed by atoms with Crippen molar-refractivity contribution in [3.8, 4) is 0 Å². The van der Waals surface area contributed by atoms with E-state index in [1.165, 1.54) is 6.42 Å². The Morgan fingerprint density at radius 3 is 2.58 bits per heavy atom. The van der Waals surface area contributed by atoms with Gasteiger partial charge in [0.15, 0.2) is 0 Å². The first-order valence-electron chi connectivity index (χ1n) is 9.74. The molecule has 2 heterocycles. The van der Waals surface area contributed by atoms with Crippen LogP contribution in [0.5, 0.6) is 0 Å². The Hall–Kier alpha value is -1.75. The SMILES string of the molecule is O=C(CN1C(=O)/C(=C/c2ccccc2)SC2CCCCC21)N1CCCC1. The zero-order valence-electron chi connectivity index (χ0n) is 15.1. The number of rotatable bonds is 3. The van der Waals surface area contributed by atoms with E-state index in [9.17, 15) is 9.59 Å². The zero-order chi connectivity index (χ0) is 17.9. The Labute approximate surface area is 159 Å². The normalized spacial score (nSPS) is 27.7. The molecule has 1 aromatic carbocycles. The van der Waals surface area contributed by atoms with Gasteiger partial charge in [-0.1, -0.05) is 43.2 Å². The number of carbonyl (C=O) groups is 2. The van der Waals surface area contributed by atoms with Gasteiger partial charge in [0, 0.05) is 24.4 Å². The van der Waals surface area contributed by atoms with Gasteiger partial charge >= 0.3 is 0 Å². The van der Waals surface area contributed by atoms with Gasteiger partial charge in [0.05, 0.1) is 4.91 Å². The van der Waals surface area contributed by atoms with Crippen LogP contribution >= 0.6 is 11.8 Å². The van der Waals surface area contributed by atoms with Crippen molar-refractivity contribution in [1.29, 1.82) is 0 Å². The van der Waals surface area contributed by atoms with Gasteiger partial charge in [-0.2, -0.15) is 0 Å². The molecule has 1 aliphatic carbocycles. The van der Waals surface area contributed by atoms with Gasteiger partial charge in [0.2, 0.25) is 5.91 Å². The highest BCUT2D eigenvalue weighted by atomic mass is 32.2. The Balaban J connectivity index is 1.57. The maximum atomic E-state index is 13.2.